The lowest BCUT2D eigenvalue weighted by molar-refractivity contribution is -0.188. The van der Waals surface area contributed by atoms with E-state index in [0.717, 1.165) is 6.26 Å². The number of aliphatic carboxylic acids is 2. The van der Waals surface area contributed by atoms with Crippen LogP contribution in [0.5, 0.6) is 0 Å². The monoisotopic (exact) mass is 557 g/mol. The van der Waals surface area contributed by atoms with Crippen molar-refractivity contribution in [3.05, 3.63) is 41.4 Å². The highest BCUT2D eigenvalue weighted by Crippen LogP contribution is 2.35. The molecule has 0 unspecified atom stereocenters. The first kappa shape index (κ1) is 26.7. The van der Waals surface area contributed by atoms with Crippen molar-refractivity contribution < 1.29 is 42.1 Å². The zero-order valence-electron chi connectivity index (χ0n) is 19.1. The second-order valence-corrected chi connectivity index (χ2v) is 10.8. The van der Waals surface area contributed by atoms with E-state index in [1.165, 1.54) is 35.2 Å². The average molecular weight is 558 g/mol. The molecule has 1 aromatic carbocycles. The molecule has 3 atom stereocenters. The zero-order chi connectivity index (χ0) is 27.1. The number of halogens is 2. The summed E-state index contributed by atoms with van der Waals surface area (Å²) < 4.78 is 50.6. The fourth-order valence-corrected chi connectivity index (χ4v) is 4.75. The van der Waals surface area contributed by atoms with Crippen LogP contribution in [0.25, 0.3) is 11.2 Å². The average Bonchev–Trinajstić information content (AvgIpc) is 3.38. The summed E-state index contributed by atoms with van der Waals surface area (Å²) in [6.07, 6.45) is -2.48. The van der Waals surface area contributed by atoms with E-state index in [1.807, 2.05) is 0 Å². The van der Waals surface area contributed by atoms with E-state index in [1.54, 1.807) is 0 Å². The van der Waals surface area contributed by atoms with Crippen molar-refractivity contribution in [1.29, 1.82) is 0 Å². The number of carbonyl (C=O) groups is 2. The summed E-state index contributed by atoms with van der Waals surface area (Å²) in [6, 6.07) is 5.05. The molecule has 1 aliphatic rings. The summed E-state index contributed by atoms with van der Waals surface area (Å²) in [4.78, 5) is 35.9. The molecule has 0 amide bonds. The van der Waals surface area contributed by atoms with Crippen molar-refractivity contribution in [2.75, 3.05) is 18.6 Å². The van der Waals surface area contributed by atoms with Gasteiger partial charge in [0, 0.05) is 19.1 Å². The van der Waals surface area contributed by atoms with Crippen LogP contribution in [0.15, 0.2) is 35.5 Å². The summed E-state index contributed by atoms with van der Waals surface area (Å²) in [5.74, 6) is -3.60. The van der Waals surface area contributed by atoms with Crippen LogP contribution in [0, 0.1) is 0 Å². The summed E-state index contributed by atoms with van der Waals surface area (Å²) in [5, 5.41) is 19.4. The van der Waals surface area contributed by atoms with Gasteiger partial charge < -0.3 is 25.4 Å². The SMILES string of the molecule is CS(=O)(=O)c1ccc(CC(OC[C@@H]2C[C@H](F)[C@H](n3cnc4c(N)nc(Cl)nc43)O2)(C(=O)O)C(=O)O)cc1. The van der Waals surface area contributed by atoms with E-state index in [4.69, 9.17) is 26.8 Å². The largest absolute Gasteiger partial charge is 0.479 e. The van der Waals surface area contributed by atoms with Gasteiger partial charge in [0.05, 0.1) is 23.9 Å². The number of anilines is 1. The van der Waals surface area contributed by atoms with Gasteiger partial charge in [-0.05, 0) is 29.3 Å². The Morgan fingerprint density at radius 2 is 1.92 bits per heavy atom. The van der Waals surface area contributed by atoms with Crippen molar-refractivity contribution in [1.82, 2.24) is 19.5 Å². The Morgan fingerprint density at radius 3 is 2.51 bits per heavy atom. The number of fused-ring (bicyclic) bond motifs is 1. The third kappa shape index (κ3) is 5.20. The predicted octanol–water partition coefficient (Wildman–Crippen LogP) is 1.26. The van der Waals surface area contributed by atoms with E-state index in [2.05, 4.69) is 15.0 Å². The molecule has 1 aliphatic heterocycles. The maximum absolute atomic E-state index is 14.9. The number of imidazole rings is 1. The third-order valence-corrected chi connectivity index (χ3v) is 7.13. The Kier molecular flexibility index (Phi) is 7.07. The topological polar surface area (TPSA) is 197 Å². The predicted molar refractivity (Wildman–Crippen MR) is 125 cm³/mol. The van der Waals surface area contributed by atoms with Gasteiger partial charge in [0.2, 0.25) is 5.28 Å². The van der Waals surface area contributed by atoms with Gasteiger partial charge in [0.15, 0.2) is 27.5 Å². The first-order valence-corrected chi connectivity index (χ1v) is 12.9. The number of hydrogen-bond donors (Lipinski definition) is 3. The van der Waals surface area contributed by atoms with Gasteiger partial charge >= 0.3 is 11.9 Å². The van der Waals surface area contributed by atoms with Gasteiger partial charge in [-0.25, -0.2) is 27.4 Å². The van der Waals surface area contributed by atoms with E-state index in [9.17, 15) is 32.6 Å². The molecule has 16 heteroatoms. The highest BCUT2D eigenvalue weighted by atomic mass is 35.5. The lowest BCUT2D eigenvalue weighted by Crippen LogP contribution is -2.52. The van der Waals surface area contributed by atoms with Crippen molar-refractivity contribution >= 4 is 50.4 Å². The van der Waals surface area contributed by atoms with Crippen LogP contribution in [-0.4, -0.2) is 80.8 Å². The van der Waals surface area contributed by atoms with Crippen LogP contribution < -0.4 is 5.73 Å². The minimum Gasteiger partial charge on any atom is -0.479 e. The second-order valence-electron chi connectivity index (χ2n) is 8.44. The number of nitrogens with zero attached hydrogens (tertiary/aromatic N) is 4. The van der Waals surface area contributed by atoms with Crippen LogP contribution in [0.4, 0.5) is 10.2 Å². The Hall–Kier alpha value is -3.40. The number of rotatable bonds is 9. The molecule has 0 radical (unpaired) electrons. The van der Waals surface area contributed by atoms with Gasteiger partial charge in [-0.1, -0.05) is 12.1 Å². The first-order chi connectivity index (χ1) is 17.3. The molecule has 198 valence electrons. The zero-order valence-corrected chi connectivity index (χ0v) is 20.7. The molecule has 3 heterocycles. The smallest absolute Gasteiger partial charge is 0.348 e. The summed E-state index contributed by atoms with van der Waals surface area (Å²) in [5.41, 5.74) is 3.53. The highest BCUT2D eigenvalue weighted by Gasteiger charge is 2.50. The lowest BCUT2D eigenvalue weighted by atomic mass is 9.94. The van der Waals surface area contributed by atoms with Crippen molar-refractivity contribution in [3.63, 3.8) is 0 Å². The van der Waals surface area contributed by atoms with Gasteiger partial charge in [0.1, 0.15) is 11.7 Å². The van der Waals surface area contributed by atoms with Crippen molar-refractivity contribution in [3.8, 4) is 0 Å². The fourth-order valence-electron chi connectivity index (χ4n) is 3.94. The third-order valence-electron chi connectivity index (χ3n) is 5.84. The highest BCUT2D eigenvalue weighted by molar-refractivity contribution is 7.90. The van der Waals surface area contributed by atoms with Crippen LogP contribution in [-0.2, 0) is 35.3 Å². The quantitative estimate of drug-likeness (QED) is 0.252. The molecule has 1 saturated heterocycles. The van der Waals surface area contributed by atoms with E-state index >= 15 is 0 Å². The molecular weight excluding hydrogens is 537 g/mol. The van der Waals surface area contributed by atoms with E-state index in [-0.39, 0.29) is 39.1 Å². The van der Waals surface area contributed by atoms with Crippen LogP contribution in [0.3, 0.4) is 0 Å². The number of ether oxygens (including phenoxy) is 2. The number of nitrogen functional groups attached to an aromatic ring is 1. The van der Waals surface area contributed by atoms with Gasteiger partial charge in [0.25, 0.3) is 5.60 Å². The molecule has 4 N–H and O–H groups in total. The molecule has 3 aromatic rings. The minimum absolute atomic E-state index is 0.0145. The van der Waals surface area contributed by atoms with Gasteiger partial charge in [-0.3, -0.25) is 4.57 Å². The van der Waals surface area contributed by atoms with Gasteiger partial charge in [-0.2, -0.15) is 9.97 Å². The normalized spacial score (nSPS) is 20.4. The number of sulfone groups is 1. The second kappa shape index (κ2) is 9.81. The molecule has 0 saturated carbocycles. The van der Waals surface area contributed by atoms with E-state index in [0.29, 0.717) is 0 Å². The van der Waals surface area contributed by atoms with Crippen molar-refractivity contribution in [2.24, 2.45) is 0 Å². The Bertz CT molecular complexity index is 1450. The summed E-state index contributed by atoms with van der Waals surface area (Å²) in [7, 11) is -3.51. The Labute approximate surface area is 213 Å². The van der Waals surface area contributed by atoms with Crippen LogP contribution >= 0.6 is 11.6 Å². The molecule has 2 aromatic heterocycles. The Balaban J connectivity index is 1.52. The number of alkyl halides is 1. The lowest BCUT2D eigenvalue weighted by Gasteiger charge is -2.27. The molecular formula is C21H21ClFN5O8S. The molecule has 0 aliphatic carbocycles. The van der Waals surface area contributed by atoms with Crippen LogP contribution in [0.1, 0.15) is 18.2 Å². The maximum Gasteiger partial charge on any atom is 0.348 e. The molecule has 13 nitrogen and oxygen atoms in total. The summed E-state index contributed by atoms with van der Waals surface area (Å²) in [6.45, 7) is -0.568. The molecule has 0 spiro atoms. The molecule has 0 bridgehead atoms. The number of benzene rings is 1. The molecule has 37 heavy (non-hydrogen) atoms. The number of aromatic nitrogens is 4. The molecule has 1 fully saturated rings. The van der Waals surface area contributed by atoms with Gasteiger partial charge in [-0.15, -0.1) is 0 Å². The maximum atomic E-state index is 14.9. The Morgan fingerprint density at radius 1 is 1.27 bits per heavy atom. The first-order valence-electron chi connectivity index (χ1n) is 10.7. The number of hydrogen-bond acceptors (Lipinski definition) is 10. The number of carboxylic acid groups (broad SMARTS) is 2. The van der Waals surface area contributed by atoms with Crippen molar-refractivity contribution in [2.45, 2.75) is 41.8 Å². The fraction of sp³-hybridized carbons (Fsp3) is 0.381. The molecule has 4 rings (SSSR count). The standard InChI is InChI=1S/C21H21ClFN5O8S/c1-37(33,34)12-4-2-10(3-5-12)7-21(18(29)30,19(31)32)35-8-11-6-13(23)17(36-11)28-9-25-14-15(24)26-20(22)27-16(14)28/h2-5,9,11,13,17H,6-8H2,1H3,(H,29,30)(H,31,32)(H2,24,26,27)/t11-,13-,17+/m0/s1. The number of nitrogens with two attached hydrogens (primary N) is 1. The number of carboxylic acids is 2. The summed E-state index contributed by atoms with van der Waals surface area (Å²) >= 11 is 5.84. The van der Waals surface area contributed by atoms with E-state index < -0.39 is 58.9 Å². The minimum atomic E-state index is -3.51. The van der Waals surface area contributed by atoms with Crippen LogP contribution in [0.2, 0.25) is 5.28 Å².